The molecule has 0 aliphatic rings. The first-order chi connectivity index (χ1) is 10.2. The minimum atomic E-state index is -0.343. The van der Waals surface area contributed by atoms with Crippen molar-refractivity contribution >= 4 is 22.5 Å². The number of halogens is 1. The Hall–Kier alpha value is -2.82. The predicted molar refractivity (Wildman–Crippen MR) is 79.2 cm³/mol. The summed E-state index contributed by atoms with van der Waals surface area (Å²) in [6, 6.07) is 13.1. The van der Waals surface area contributed by atoms with Crippen molar-refractivity contribution in [3.05, 3.63) is 60.0 Å². The molecule has 3 aromatic rings. The molecule has 5 heteroatoms. The molecule has 0 radical (unpaired) electrons. The van der Waals surface area contributed by atoms with Gasteiger partial charge in [-0.05, 0) is 36.4 Å². The van der Waals surface area contributed by atoms with E-state index in [1.807, 2.05) is 0 Å². The first-order valence-electron chi connectivity index (χ1n) is 6.39. The van der Waals surface area contributed by atoms with Gasteiger partial charge in [-0.15, -0.1) is 0 Å². The average molecular weight is 284 g/mol. The largest absolute Gasteiger partial charge is 0.497 e. The Balaban J connectivity index is 1.86. The minimum Gasteiger partial charge on any atom is -0.497 e. The monoisotopic (exact) mass is 284 g/mol. The van der Waals surface area contributed by atoms with Crippen LogP contribution in [-0.4, -0.2) is 18.0 Å². The number of H-pyrrole nitrogens is 1. The summed E-state index contributed by atoms with van der Waals surface area (Å²) in [6.07, 6.45) is 0. The molecule has 0 unspecified atom stereocenters. The molecule has 0 fully saturated rings. The fourth-order valence-corrected chi connectivity index (χ4v) is 2.12. The van der Waals surface area contributed by atoms with Gasteiger partial charge in [-0.25, -0.2) is 4.39 Å². The Labute approximate surface area is 120 Å². The highest BCUT2D eigenvalue weighted by Gasteiger charge is 2.10. The van der Waals surface area contributed by atoms with Crippen LogP contribution in [0.25, 0.3) is 10.9 Å². The van der Waals surface area contributed by atoms with Crippen LogP contribution in [0.4, 0.5) is 10.1 Å². The second-order valence-corrected chi connectivity index (χ2v) is 4.60. The lowest BCUT2D eigenvalue weighted by atomic mass is 10.2. The number of nitrogens with one attached hydrogen (secondary N) is 2. The third-order valence-corrected chi connectivity index (χ3v) is 3.16. The molecule has 0 bridgehead atoms. The summed E-state index contributed by atoms with van der Waals surface area (Å²) in [6.45, 7) is 0. The second kappa shape index (κ2) is 5.28. The molecule has 0 aliphatic heterocycles. The highest BCUT2D eigenvalue weighted by atomic mass is 19.1. The zero-order valence-electron chi connectivity index (χ0n) is 11.3. The Kier molecular flexibility index (Phi) is 3.31. The van der Waals surface area contributed by atoms with Crippen molar-refractivity contribution in [3.63, 3.8) is 0 Å². The Bertz CT molecular complexity index is 811. The van der Waals surface area contributed by atoms with E-state index < -0.39 is 0 Å². The number of hydrogen-bond acceptors (Lipinski definition) is 2. The molecule has 1 amide bonds. The van der Waals surface area contributed by atoms with Crippen LogP contribution < -0.4 is 10.1 Å². The summed E-state index contributed by atoms with van der Waals surface area (Å²) in [5, 5.41) is 3.55. The van der Waals surface area contributed by atoms with Crippen LogP contribution in [0.2, 0.25) is 0 Å². The fraction of sp³-hybridized carbons (Fsp3) is 0.0625. The number of fused-ring (bicyclic) bond motifs is 1. The fourth-order valence-electron chi connectivity index (χ4n) is 2.12. The molecule has 0 saturated heterocycles. The van der Waals surface area contributed by atoms with Crippen LogP contribution in [0.3, 0.4) is 0 Å². The zero-order valence-corrected chi connectivity index (χ0v) is 11.3. The first-order valence-corrected chi connectivity index (χ1v) is 6.39. The first kappa shape index (κ1) is 13.2. The lowest BCUT2D eigenvalue weighted by Gasteiger charge is -2.05. The van der Waals surface area contributed by atoms with Gasteiger partial charge in [0.05, 0.1) is 7.11 Å². The van der Waals surface area contributed by atoms with Crippen LogP contribution >= 0.6 is 0 Å². The number of rotatable bonds is 3. The van der Waals surface area contributed by atoms with Crippen molar-refractivity contribution in [2.45, 2.75) is 0 Å². The van der Waals surface area contributed by atoms with Crippen molar-refractivity contribution in [2.24, 2.45) is 0 Å². The van der Waals surface area contributed by atoms with E-state index in [1.165, 1.54) is 12.1 Å². The van der Waals surface area contributed by atoms with E-state index in [2.05, 4.69) is 10.3 Å². The number of benzene rings is 2. The van der Waals surface area contributed by atoms with Gasteiger partial charge >= 0.3 is 0 Å². The van der Waals surface area contributed by atoms with Gasteiger partial charge in [0, 0.05) is 22.7 Å². The van der Waals surface area contributed by atoms with Crippen molar-refractivity contribution in [1.29, 1.82) is 0 Å². The molecular weight excluding hydrogens is 271 g/mol. The third kappa shape index (κ3) is 2.72. The van der Waals surface area contributed by atoms with Crippen LogP contribution in [0, 0.1) is 5.82 Å². The highest BCUT2D eigenvalue weighted by Crippen LogP contribution is 2.20. The number of aromatic amines is 1. The summed E-state index contributed by atoms with van der Waals surface area (Å²) < 4.78 is 18.2. The number of carbonyl (C=O) groups excluding carboxylic acids is 1. The number of anilines is 1. The molecule has 2 aromatic carbocycles. The van der Waals surface area contributed by atoms with Gasteiger partial charge in [0.25, 0.3) is 5.91 Å². The smallest absolute Gasteiger partial charge is 0.272 e. The van der Waals surface area contributed by atoms with Crippen LogP contribution in [0.5, 0.6) is 5.75 Å². The number of aromatic nitrogens is 1. The molecule has 106 valence electrons. The van der Waals surface area contributed by atoms with Gasteiger partial charge in [-0.2, -0.15) is 0 Å². The van der Waals surface area contributed by atoms with Crippen LogP contribution in [0.1, 0.15) is 10.5 Å². The highest BCUT2D eigenvalue weighted by molar-refractivity contribution is 6.06. The quantitative estimate of drug-likeness (QED) is 0.772. The Morgan fingerprint density at radius 2 is 2.05 bits per heavy atom. The molecular formula is C16H13FN2O2. The van der Waals surface area contributed by atoms with E-state index in [4.69, 9.17) is 4.74 Å². The van der Waals surface area contributed by atoms with Crippen molar-refractivity contribution in [3.8, 4) is 5.75 Å². The van der Waals surface area contributed by atoms with Gasteiger partial charge in [0.15, 0.2) is 0 Å². The number of methoxy groups -OCH3 is 1. The zero-order chi connectivity index (χ0) is 14.8. The lowest BCUT2D eigenvalue weighted by Crippen LogP contribution is -2.12. The lowest BCUT2D eigenvalue weighted by molar-refractivity contribution is 0.102. The summed E-state index contributed by atoms with van der Waals surface area (Å²) in [4.78, 5) is 15.1. The van der Waals surface area contributed by atoms with Gasteiger partial charge in [0.1, 0.15) is 17.3 Å². The normalized spacial score (nSPS) is 10.6. The number of hydrogen-bond donors (Lipinski definition) is 2. The summed E-state index contributed by atoms with van der Waals surface area (Å²) in [5.74, 6) is 0.0236. The van der Waals surface area contributed by atoms with Crippen molar-refractivity contribution < 1.29 is 13.9 Å². The molecule has 1 aromatic heterocycles. The molecule has 0 aliphatic carbocycles. The number of amides is 1. The van der Waals surface area contributed by atoms with E-state index in [1.54, 1.807) is 43.5 Å². The van der Waals surface area contributed by atoms with E-state index in [0.717, 1.165) is 5.39 Å². The topological polar surface area (TPSA) is 54.1 Å². The second-order valence-electron chi connectivity index (χ2n) is 4.60. The molecule has 0 saturated carbocycles. The summed E-state index contributed by atoms with van der Waals surface area (Å²) in [7, 11) is 1.56. The maximum absolute atomic E-state index is 13.1. The van der Waals surface area contributed by atoms with Crippen LogP contribution in [-0.2, 0) is 0 Å². The van der Waals surface area contributed by atoms with E-state index in [-0.39, 0.29) is 11.7 Å². The summed E-state index contributed by atoms with van der Waals surface area (Å²) in [5.41, 5.74) is 1.59. The van der Waals surface area contributed by atoms with Crippen LogP contribution in [0.15, 0.2) is 48.5 Å². The van der Waals surface area contributed by atoms with E-state index >= 15 is 0 Å². The Morgan fingerprint density at radius 1 is 1.19 bits per heavy atom. The maximum atomic E-state index is 13.1. The molecule has 21 heavy (non-hydrogen) atoms. The van der Waals surface area contributed by atoms with Gasteiger partial charge in [0.2, 0.25) is 0 Å². The van der Waals surface area contributed by atoms with E-state index in [0.29, 0.717) is 22.6 Å². The van der Waals surface area contributed by atoms with Gasteiger partial charge < -0.3 is 15.0 Å². The minimum absolute atomic E-state index is 0.292. The van der Waals surface area contributed by atoms with E-state index in [9.17, 15) is 9.18 Å². The van der Waals surface area contributed by atoms with Crippen molar-refractivity contribution in [1.82, 2.24) is 4.98 Å². The maximum Gasteiger partial charge on any atom is 0.272 e. The molecule has 0 spiro atoms. The number of carbonyl (C=O) groups is 1. The predicted octanol–water partition coefficient (Wildman–Crippen LogP) is 3.57. The Morgan fingerprint density at radius 3 is 2.86 bits per heavy atom. The molecule has 3 rings (SSSR count). The SMILES string of the molecule is COc1cccc(NC(=O)c2cc3ccc(F)cc3[nH]2)c1. The van der Waals surface area contributed by atoms with Gasteiger partial charge in [-0.1, -0.05) is 6.07 Å². The average Bonchev–Trinajstić information content (AvgIpc) is 2.90. The van der Waals surface area contributed by atoms with Crippen molar-refractivity contribution in [2.75, 3.05) is 12.4 Å². The molecule has 1 heterocycles. The third-order valence-electron chi connectivity index (χ3n) is 3.16. The molecule has 2 N–H and O–H groups in total. The standard InChI is InChI=1S/C16H13FN2O2/c1-21-13-4-2-3-12(9-13)18-16(20)15-7-10-5-6-11(17)8-14(10)19-15/h2-9,19H,1H3,(H,18,20). The summed E-state index contributed by atoms with van der Waals surface area (Å²) >= 11 is 0. The van der Waals surface area contributed by atoms with Gasteiger partial charge in [-0.3, -0.25) is 4.79 Å². The molecule has 4 nitrogen and oxygen atoms in total. The molecule has 0 atom stereocenters. The number of ether oxygens (including phenoxy) is 1.